The SMILES string of the molecule is CCOc1cc(CC(C)N)ccc1OCc1cscn1. The molecule has 1 unspecified atom stereocenters. The van der Waals surface area contributed by atoms with Gasteiger partial charge in [-0.2, -0.15) is 0 Å². The van der Waals surface area contributed by atoms with E-state index in [0.29, 0.717) is 13.2 Å². The number of rotatable bonds is 7. The molecule has 0 radical (unpaired) electrons. The molecule has 1 aromatic carbocycles. The second-order valence-corrected chi connectivity index (χ2v) is 5.38. The van der Waals surface area contributed by atoms with Gasteiger partial charge in [0.25, 0.3) is 0 Å². The van der Waals surface area contributed by atoms with Gasteiger partial charge in [-0.15, -0.1) is 11.3 Å². The predicted octanol–water partition coefficient (Wildman–Crippen LogP) is 3.01. The zero-order valence-electron chi connectivity index (χ0n) is 11.8. The summed E-state index contributed by atoms with van der Waals surface area (Å²) in [5.41, 5.74) is 9.71. The Morgan fingerprint density at radius 1 is 1.30 bits per heavy atom. The number of thiazole rings is 1. The average molecular weight is 292 g/mol. The smallest absolute Gasteiger partial charge is 0.161 e. The normalized spacial score (nSPS) is 12.2. The highest BCUT2D eigenvalue weighted by molar-refractivity contribution is 7.07. The molecule has 0 bridgehead atoms. The molecule has 4 nitrogen and oxygen atoms in total. The van der Waals surface area contributed by atoms with Crippen LogP contribution in [0.15, 0.2) is 29.1 Å². The number of nitrogens with zero attached hydrogens (tertiary/aromatic N) is 1. The summed E-state index contributed by atoms with van der Waals surface area (Å²) in [7, 11) is 0. The first-order chi connectivity index (χ1) is 9.69. The zero-order chi connectivity index (χ0) is 14.4. The van der Waals surface area contributed by atoms with Gasteiger partial charge in [-0.1, -0.05) is 6.07 Å². The Hall–Kier alpha value is -1.59. The maximum atomic E-state index is 5.83. The monoisotopic (exact) mass is 292 g/mol. The first-order valence-electron chi connectivity index (χ1n) is 6.70. The van der Waals surface area contributed by atoms with Gasteiger partial charge in [0, 0.05) is 11.4 Å². The van der Waals surface area contributed by atoms with Crippen molar-refractivity contribution in [3.8, 4) is 11.5 Å². The van der Waals surface area contributed by atoms with Crippen LogP contribution in [-0.4, -0.2) is 17.6 Å². The van der Waals surface area contributed by atoms with E-state index in [2.05, 4.69) is 4.98 Å². The Kier molecular flexibility index (Phi) is 5.38. The van der Waals surface area contributed by atoms with E-state index in [9.17, 15) is 0 Å². The van der Waals surface area contributed by atoms with Crippen LogP contribution in [0.5, 0.6) is 11.5 Å². The number of ether oxygens (including phenoxy) is 2. The minimum Gasteiger partial charge on any atom is -0.490 e. The second kappa shape index (κ2) is 7.26. The van der Waals surface area contributed by atoms with Gasteiger partial charge in [-0.05, 0) is 38.0 Å². The fraction of sp³-hybridized carbons (Fsp3) is 0.400. The van der Waals surface area contributed by atoms with Crippen molar-refractivity contribution in [2.45, 2.75) is 32.9 Å². The lowest BCUT2D eigenvalue weighted by atomic mass is 10.1. The fourth-order valence-corrected chi connectivity index (χ4v) is 2.44. The predicted molar refractivity (Wildman–Crippen MR) is 81.4 cm³/mol. The van der Waals surface area contributed by atoms with Crippen molar-refractivity contribution in [1.29, 1.82) is 0 Å². The van der Waals surface area contributed by atoms with Crippen LogP contribution in [-0.2, 0) is 13.0 Å². The number of nitrogens with two attached hydrogens (primary N) is 1. The van der Waals surface area contributed by atoms with Gasteiger partial charge in [-0.3, -0.25) is 0 Å². The minimum atomic E-state index is 0.131. The molecule has 0 aliphatic rings. The highest BCUT2D eigenvalue weighted by Gasteiger charge is 2.08. The summed E-state index contributed by atoms with van der Waals surface area (Å²) < 4.78 is 11.4. The molecule has 0 saturated heterocycles. The Morgan fingerprint density at radius 2 is 2.15 bits per heavy atom. The molecule has 5 heteroatoms. The van der Waals surface area contributed by atoms with Gasteiger partial charge in [0.1, 0.15) is 6.61 Å². The first kappa shape index (κ1) is 14.8. The van der Waals surface area contributed by atoms with Crippen LogP contribution < -0.4 is 15.2 Å². The molecule has 0 saturated carbocycles. The van der Waals surface area contributed by atoms with Gasteiger partial charge < -0.3 is 15.2 Å². The largest absolute Gasteiger partial charge is 0.490 e. The first-order valence-corrected chi connectivity index (χ1v) is 7.64. The van der Waals surface area contributed by atoms with Crippen molar-refractivity contribution in [3.63, 3.8) is 0 Å². The van der Waals surface area contributed by atoms with Gasteiger partial charge in [0.05, 0.1) is 17.8 Å². The number of benzene rings is 1. The third-order valence-electron chi connectivity index (χ3n) is 2.72. The molecule has 1 atom stereocenters. The summed E-state index contributed by atoms with van der Waals surface area (Å²) in [5.74, 6) is 1.51. The van der Waals surface area contributed by atoms with Crippen molar-refractivity contribution in [1.82, 2.24) is 4.98 Å². The summed E-state index contributed by atoms with van der Waals surface area (Å²) >= 11 is 1.56. The Morgan fingerprint density at radius 3 is 2.80 bits per heavy atom. The Balaban J connectivity index is 2.10. The van der Waals surface area contributed by atoms with Crippen LogP contribution in [0.2, 0.25) is 0 Å². The van der Waals surface area contributed by atoms with Gasteiger partial charge in [0.15, 0.2) is 11.5 Å². The van der Waals surface area contributed by atoms with E-state index < -0.39 is 0 Å². The molecule has 20 heavy (non-hydrogen) atoms. The summed E-state index contributed by atoms with van der Waals surface area (Å²) in [4.78, 5) is 4.20. The Bertz CT molecular complexity index is 527. The lowest BCUT2D eigenvalue weighted by Crippen LogP contribution is -2.17. The fourth-order valence-electron chi connectivity index (χ4n) is 1.90. The van der Waals surface area contributed by atoms with E-state index >= 15 is 0 Å². The summed E-state index contributed by atoms with van der Waals surface area (Å²) in [6.07, 6.45) is 0.826. The summed E-state index contributed by atoms with van der Waals surface area (Å²) in [6, 6.07) is 6.10. The van der Waals surface area contributed by atoms with Gasteiger partial charge in [-0.25, -0.2) is 4.98 Å². The van der Waals surface area contributed by atoms with E-state index in [-0.39, 0.29) is 6.04 Å². The molecule has 1 heterocycles. The van der Waals surface area contributed by atoms with Crippen LogP contribution in [0.1, 0.15) is 25.1 Å². The van der Waals surface area contributed by atoms with Crippen LogP contribution in [0.4, 0.5) is 0 Å². The zero-order valence-corrected chi connectivity index (χ0v) is 12.7. The molecule has 0 aliphatic heterocycles. The van der Waals surface area contributed by atoms with E-state index in [1.807, 2.05) is 37.4 Å². The lowest BCUT2D eigenvalue weighted by Gasteiger charge is -2.13. The summed E-state index contributed by atoms with van der Waals surface area (Å²) in [6.45, 7) is 5.01. The highest BCUT2D eigenvalue weighted by Crippen LogP contribution is 2.29. The van der Waals surface area contributed by atoms with Crippen molar-refractivity contribution >= 4 is 11.3 Å². The van der Waals surface area contributed by atoms with Crippen LogP contribution in [0.3, 0.4) is 0 Å². The van der Waals surface area contributed by atoms with Crippen molar-refractivity contribution in [2.75, 3.05) is 6.61 Å². The Labute approximate surface area is 123 Å². The number of hydrogen-bond donors (Lipinski definition) is 1. The van der Waals surface area contributed by atoms with Gasteiger partial charge >= 0.3 is 0 Å². The standard InChI is InChI=1S/C15H20N2O2S/c1-3-18-15-7-12(6-11(2)16)4-5-14(15)19-8-13-9-20-10-17-13/h4-5,7,9-11H,3,6,8,16H2,1-2H3. The lowest BCUT2D eigenvalue weighted by molar-refractivity contribution is 0.266. The van der Waals surface area contributed by atoms with Crippen LogP contribution >= 0.6 is 11.3 Å². The minimum absolute atomic E-state index is 0.131. The number of hydrogen-bond acceptors (Lipinski definition) is 5. The van der Waals surface area contributed by atoms with E-state index in [1.54, 1.807) is 16.8 Å². The summed E-state index contributed by atoms with van der Waals surface area (Å²) in [5, 5.41) is 1.98. The highest BCUT2D eigenvalue weighted by atomic mass is 32.1. The molecule has 2 N–H and O–H groups in total. The van der Waals surface area contributed by atoms with Crippen molar-refractivity contribution < 1.29 is 9.47 Å². The van der Waals surface area contributed by atoms with E-state index in [1.165, 1.54) is 0 Å². The maximum Gasteiger partial charge on any atom is 0.161 e. The molecule has 2 rings (SSSR count). The van der Waals surface area contributed by atoms with Crippen LogP contribution in [0.25, 0.3) is 0 Å². The molecule has 0 spiro atoms. The average Bonchev–Trinajstić information content (AvgIpc) is 2.90. The maximum absolute atomic E-state index is 5.83. The molecule has 108 valence electrons. The molecule has 1 aromatic heterocycles. The quantitative estimate of drug-likeness (QED) is 0.852. The second-order valence-electron chi connectivity index (χ2n) is 4.66. The molecule has 0 amide bonds. The topological polar surface area (TPSA) is 57.4 Å². The molecule has 2 aromatic rings. The molecule has 0 fully saturated rings. The number of aromatic nitrogens is 1. The van der Waals surface area contributed by atoms with Crippen LogP contribution in [0, 0.1) is 0 Å². The molecular weight excluding hydrogens is 272 g/mol. The molecule has 0 aliphatic carbocycles. The van der Waals surface area contributed by atoms with E-state index in [0.717, 1.165) is 29.2 Å². The van der Waals surface area contributed by atoms with Crippen molar-refractivity contribution in [2.24, 2.45) is 5.73 Å². The molecular formula is C15H20N2O2S. The van der Waals surface area contributed by atoms with Gasteiger partial charge in [0.2, 0.25) is 0 Å². The third kappa shape index (κ3) is 4.21. The third-order valence-corrected chi connectivity index (χ3v) is 3.36. The van der Waals surface area contributed by atoms with E-state index in [4.69, 9.17) is 15.2 Å². The van der Waals surface area contributed by atoms with Crippen molar-refractivity contribution in [3.05, 3.63) is 40.3 Å².